The van der Waals surface area contributed by atoms with Crippen LogP contribution in [0.25, 0.3) is 16.6 Å². The molecule has 3 heterocycles. The molecule has 0 bridgehead atoms. The highest BCUT2D eigenvalue weighted by Crippen LogP contribution is 2.33. The van der Waals surface area contributed by atoms with Gasteiger partial charge in [0.2, 0.25) is 0 Å². The predicted molar refractivity (Wildman–Crippen MR) is 129 cm³/mol. The number of ether oxygens (including phenoxy) is 1. The van der Waals surface area contributed by atoms with E-state index in [9.17, 15) is 9.59 Å². The lowest BCUT2D eigenvalue weighted by atomic mass is 9.94. The molecule has 2 aromatic heterocycles. The number of carbonyl (C=O) groups is 2. The van der Waals surface area contributed by atoms with Crippen molar-refractivity contribution in [1.29, 1.82) is 0 Å². The number of carbonyl (C=O) groups excluding carboxylic acids is 2. The second-order valence-corrected chi connectivity index (χ2v) is 8.10. The fourth-order valence-electron chi connectivity index (χ4n) is 3.43. The van der Waals surface area contributed by atoms with E-state index in [1.807, 2.05) is 37.5 Å². The van der Waals surface area contributed by atoms with Crippen LogP contribution in [0.15, 0.2) is 63.2 Å². The molecule has 0 radical (unpaired) electrons. The van der Waals surface area contributed by atoms with E-state index in [1.165, 1.54) is 11.8 Å². The van der Waals surface area contributed by atoms with Crippen molar-refractivity contribution in [3.8, 4) is 0 Å². The van der Waals surface area contributed by atoms with Gasteiger partial charge in [0.05, 0.1) is 11.2 Å². The Kier molecular flexibility index (Phi) is 9.03. The van der Waals surface area contributed by atoms with E-state index < -0.39 is 0 Å². The number of Topliss-reactive ketones (excluding diaryl/α,β-unsaturated/α-hetero) is 1. The molecule has 0 spiro atoms. The van der Waals surface area contributed by atoms with Gasteiger partial charge in [0.15, 0.2) is 17.8 Å². The summed E-state index contributed by atoms with van der Waals surface area (Å²) in [4.78, 5) is 31.0. The third-order valence-corrected chi connectivity index (χ3v) is 6.18. The molecule has 1 saturated heterocycles. The van der Waals surface area contributed by atoms with Crippen molar-refractivity contribution in [2.45, 2.75) is 12.8 Å². The van der Waals surface area contributed by atoms with Gasteiger partial charge in [-0.25, -0.2) is 0 Å². The Balaban J connectivity index is 0.000000219. The van der Waals surface area contributed by atoms with Gasteiger partial charge in [-0.05, 0) is 50.9 Å². The standard InChI is InChI=1S/C15H20N2O3S.C9H7NO/c1-16-10-21-15(13(17-2)12-4-3-7-20-12)14(18)11-5-8-19-9-6-11;11-6-7-2-1-3-9-8(7)4-5-10-9/h3-4,7,11,16H,2,5-6,8-10H2,1H3;1-6,10H/b15-13-;. The summed E-state index contributed by atoms with van der Waals surface area (Å²) < 4.78 is 10.7. The van der Waals surface area contributed by atoms with Gasteiger partial charge in [0, 0.05) is 47.7 Å². The Labute approximate surface area is 191 Å². The molecule has 32 heavy (non-hydrogen) atoms. The number of allylic oxidation sites excluding steroid dienone is 1. The minimum atomic E-state index is -0.00943. The van der Waals surface area contributed by atoms with Crippen LogP contribution in [0.1, 0.15) is 29.0 Å². The smallest absolute Gasteiger partial charge is 0.174 e. The molecular formula is C24H27N3O4S. The van der Waals surface area contributed by atoms with E-state index in [4.69, 9.17) is 9.15 Å². The zero-order valence-corrected chi connectivity index (χ0v) is 18.8. The number of ketones is 1. The number of nitrogens with one attached hydrogen (secondary N) is 2. The molecule has 1 aliphatic heterocycles. The average molecular weight is 454 g/mol. The lowest BCUT2D eigenvalue weighted by Crippen LogP contribution is -2.25. The molecule has 0 amide bonds. The van der Waals surface area contributed by atoms with Crippen LogP contribution in [0, 0.1) is 5.92 Å². The quantitative estimate of drug-likeness (QED) is 0.225. The van der Waals surface area contributed by atoms with Gasteiger partial charge < -0.3 is 19.5 Å². The Hall–Kier alpha value is -2.94. The first kappa shape index (κ1) is 23.7. The second kappa shape index (κ2) is 12.2. The molecule has 168 valence electrons. The highest BCUT2D eigenvalue weighted by molar-refractivity contribution is 8.04. The van der Waals surface area contributed by atoms with Crippen LogP contribution in [-0.4, -0.2) is 49.9 Å². The summed E-state index contributed by atoms with van der Waals surface area (Å²) in [7, 11) is 1.84. The molecule has 4 rings (SSSR count). The summed E-state index contributed by atoms with van der Waals surface area (Å²) in [6.45, 7) is 4.87. The van der Waals surface area contributed by atoms with Crippen LogP contribution in [0.4, 0.5) is 0 Å². The van der Waals surface area contributed by atoms with Crippen molar-refractivity contribution in [1.82, 2.24) is 10.3 Å². The summed E-state index contributed by atoms with van der Waals surface area (Å²) in [6, 6.07) is 11.1. The van der Waals surface area contributed by atoms with E-state index >= 15 is 0 Å². The summed E-state index contributed by atoms with van der Waals surface area (Å²) in [5.74, 6) is 1.30. The van der Waals surface area contributed by atoms with Gasteiger partial charge in [-0.3, -0.25) is 14.6 Å². The van der Waals surface area contributed by atoms with Gasteiger partial charge in [0.25, 0.3) is 0 Å². The fourth-order valence-corrected chi connectivity index (χ4v) is 4.33. The first-order valence-corrected chi connectivity index (χ1v) is 11.3. The number of aldehydes is 1. The second-order valence-electron chi connectivity index (χ2n) is 7.11. The van der Waals surface area contributed by atoms with Crippen LogP contribution >= 0.6 is 11.8 Å². The van der Waals surface area contributed by atoms with E-state index in [1.54, 1.807) is 18.4 Å². The molecular weight excluding hydrogens is 426 g/mol. The Bertz CT molecular complexity index is 1070. The maximum Gasteiger partial charge on any atom is 0.174 e. The molecule has 1 aromatic carbocycles. The van der Waals surface area contributed by atoms with Crippen molar-refractivity contribution >= 4 is 47.1 Å². The van der Waals surface area contributed by atoms with E-state index in [-0.39, 0.29) is 11.7 Å². The molecule has 0 aliphatic carbocycles. The molecule has 0 saturated carbocycles. The Morgan fingerprint density at radius 2 is 2.09 bits per heavy atom. The van der Waals surface area contributed by atoms with Gasteiger partial charge in [0.1, 0.15) is 5.70 Å². The number of aliphatic imine (C=N–C) groups is 1. The van der Waals surface area contributed by atoms with Gasteiger partial charge in [-0.2, -0.15) is 0 Å². The largest absolute Gasteiger partial charge is 0.463 e. The molecule has 3 aromatic rings. The van der Waals surface area contributed by atoms with Crippen molar-refractivity contribution < 1.29 is 18.7 Å². The van der Waals surface area contributed by atoms with Crippen molar-refractivity contribution in [2.75, 3.05) is 26.1 Å². The average Bonchev–Trinajstić information content (AvgIpc) is 3.54. The summed E-state index contributed by atoms with van der Waals surface area (Å²) in [6.07, 6.45) is 5.78. The summed E-state index contributed by atoms with van der Waals surface area (Å²) in [5.41, 5.74) is 2.27. The minimum absolute atomic E-state index is 0.00943. The van der Waals surface area contributed by atoms with Crippen LogP contribution < -0.4 is 5.32 Å². The topological polar surface area (TPSA) is 96.7 Å². The van der Waals surface area contributed by atoms with Crippen LogP contribution in [0.5, 0.6) is 0 Å². The van der Waals surface area contributed by atoms with E-state index in [0.29, 0.717) is 35.5 Å². The normalized spacial score (nSPS) is 14.9. The molecule has 8 heteroatoms. The number of fused-ring (bicyclic) bond motifs is 1. The number of nitrogens with zero attached hydrogens (tertiary/aromatic N) is 1. The van der Waals surface area contributed by atoms with E-state index in [2.05, 4.69) is 22.0 Å². The lowest BCUT2D eigenvalue weighted by Gasteiger charge is -2.22. The predicted octanol–water partition coefficient (Wildman–Crippen LogP) is 4.54. The zero-order valence-electron chi connectivity index (χ0n) is 18.0. The third-order valence-electron chi connectivity index (χ3n) is 5.06. The van der Waals surface area contributed by atoms with Gasteiger partial charge in [-0.1, -0.05) is 12.1 Å². The van der Waals surface area contributed by atoms with Crippen LogP contribution in [-0.2, 0) is 9.53 Å². The number of hydrogen-bond acceptors (Lipinski definition) is 7. The van der Waals surface area contributed by atoms with Gasteiger partial charge >= 0.3 is 0 Å². The molecule has 2 N–H and O–H groups in total. The maximum atomic E-state index is 12.8. The fraction of sp³-hybridized carbons (Fsp3) is 0.292. The first-order chi connectivity index (χ1) is 15.7. The SMILES string of the molecule is C=N/C(=C(\SCNC)C(=O)C1CCOCC1)c1ccco1.O=Cc1cccc2[nH]ccc12. The molecule has 7 nitrogen and oxygen atoms in total. The van der Waals surface area contributed by atoms with E-state index in [0.717, 1.165) is 35.6 Å². The zero-order chi connectivity index (χ0) is 22.8. The number of aromatic amines is 1. The maximum absolute atomic E-state index is 12.8. The number of hydrogen-bond donors (Lipinski definition) is 2. The van der Waals surface area contributed by atoms with Crippen molar-refractivity contribution in [3.63, 3.8) is 0 Å². The molecule has 1 fully saturated rings. The number of thioether (sulfide) groups is 1. The highest BCUT2D eigenvalue weighted by atomic mass is 32.2. The molecule has 1 aliphatic rings. The lowest BCUT2D eigenvalue weighted by molar-refractivity contribution is -0.121. The number of rotatable bonds is 8. The Morgan fingerprint density at radius 1 is 1.28 bits per heavy atom. The number of benzene rings is 1. The monoisotopic (exact) mass is 453 g/mol. The number of aromatic nitrogens is 1. The number of furan rings is 1. The summed E-state index contributed by atoms with van der Waals surface area (Å²) in [5, 5.41) is 4.03. The van der Waals surface area contributed by atoms with Gasteiger partial charge in [-0.15, -0.1) is 11.8 Å². The highest BCUT2D eigenvalue weighted by Gasteiger charge is 2.28. The van der Waals surface area contributed by atoms with Crippen LogP contribution in [0.2, 0.25) is 0 Å². The van der Waals surface area contributed by atoms with Crippen molar-refractivity contribution in [3.05, 3.63) is 65.1 Å². The minimum Gasteiger partial charge on any atom is -0.463 e. The van der Waals surface area contributed by atoms with Crippen molar-refractivity contribution in [2.24, 2.45) is 10.9 Å². The third kappa shape index (κ3) is 5.85. The Morgan fingerprint density at radius 3 is 2.75 bits per heavy atom. The number of H-pyrrole nitrogens is 1. The molecule has 0 unspecified atom stereocenters. The van der Waals surface area contributed by atoms with Crippen LogP contribution in [0.3, 0.4) is 0 Å². The first-order valence-electron chi connectivity index (χ1n) is 10.3. The summed E-state index contributed by atoms with van der Waals surface area (Å²) >= 11 is 1.44. The molecule has 0 atom stereocenters.